The van der Waals surface area contributed by atoms with E-state index in [1.165, 1.54) is 4.21 Å². The van der Waals surface area contributed by atoms with Crippen LogP contribution in [0.3, 0.4) is 0 Å². The minimum absolute atomic E-state index is 0.0909. The first-order valence-corrected chi connectivity index (χ1v) is 5.85. The summed E-state index contributed by atoms with van der Waals surface area (Å²) in [6.07, 6.45) is 1.38. The lowest BCUT2D eigenvalue weighted by Gasteiger charge is -1.98. The zero-order valence-corrected chi connectivity index (χ0v) is 8.79. The van der Waals surface area contributed by atoms with Crippen LogP contribution in [0.4, 0.5) is 0 Å². The first-order chi connectivity index (χ1) is 6.33. The van der Waals surface area contributed by atoms with E-state index in [1.807, 2.05) is 6.07 Å². The second-order valence-corrected chi connectivity index (χ2v) is 4.79. The molecule has 0 radical (unpaired) electrons. The van der Waals surface area contributed by atoms with Crippen LogP contribution >= 0.6 is 23.1 Å². The van der Waals surface area contributed by atoms with E-state index in [0.29, 0.717) is 6.42 Å². The molecule has 72 valence electrons. The Bertz CT molecular complexity index is 249. The molecule has 0 unspecified atom stereocenters. The van der Waals surface area contributed by atoms with Gasteiger partial charge in [-0.3, -0.25) is 10.2 Å². The summed E-state index contributed by atoms with van der Waals surface area (Å²) in [7, 11) is 0. The molecule has 5 heteroatoms. The van der Waals surface area contributed by atoms with E-state index < -0.39 is 0 Å². The van der Waals surface area contributed by atoms with Gasteiger partial charge in [0.05, 0.1) is 4.21 Å². The van der Waals surface area contributed by atoms with Crippen LogP contribution in [0.15, 0.2) is 21.7 Å². The summed E-state index contributed by atoms with van der Waals surface area (Å²) in [5, 5.41) is 2.05. The van der Waals surface area contributed by atoms with E-state index in [9.17, 15) is 4.79 Å². The molecule has 0 fully saturated rings. The van der Waals surface area contributed by atoms with Crippen molar-refractivity contribution in [1.82, 2.24) is 5.43 Å². The van der Waals surface area contributed by atoms with Crippen molar-refractivity contribution in [1.29, 1.82) is 0 Å². The van der Waals surface area contributed by atoms with E-state index in [-0.39, 0.29) is 5.91 Å². The number of amides is 1. The van der Waals surface area contributed by atoms with Crippen molar-refractivity contribution < 1.29 is 4.79 Å². The van der Waals surface area contributed by atoms with Crippen molar-refractivity contribution in [2.24, 2.45) is 5.84 Å². The Morgan fingerprint density at radius 3 is 3.15 bits per heavy atom. The molecule has 0 aliphatic rings. The largest absolute Gasteiger partial charge is 0.294 e. The monoisotopic (exact) mass is 216 g/mol. The van der Waals surface area contributed by atoms with Crippen LogP contribution in [0.5, 0.6) is 0 Å². The summed E-state index contributed by atoms with van der Waals surface area (Å²) in [6.45, 7) is 0. The maximum Gasteiger partial charge on any atom is 0.233 e. The maximum absolute atomic E-state index is 10.7. The number of thioether (sulfide) groups is 1. The third-order valence-electron chi connectivity index (χ3n) is 1.45. The fraction of sp³-hybridized carbons (Fsp3) is 0.375. The Balaban J connectivity index is 2.05. The van der Waals surface area contributed by atoms with Crippen LogP contribution in [0.2, 0.25) is 0 Å². The molecule has 0 aliphatic heterocycles. The zero-order chi connectivity index (χ0) is 9.52. The van der Waals surface area contributed by atoms with Gasteiger partial charge in [0.25, 0.3) is 0 Å². The quantitative estimate of drug-likeness (QED) is 0.258. The molecule has 0 bridgehead atoms. The number of rotatable bonds is 5. The normalized spacial score (nSPS) is 9.92. The second kappa shape index (κ2) is 6.01. The summed E-state index contributed by atoms with van der Waals surface area (Å²) in [6, 6.07) is 4.11. The van der Waals surface area contributed by atoms with Gasteiger partial charge in [-0.1, -0.05) is 6.07 Å². The van der Waals surface area contributed by atoms with E-state index in [1.54, 1.807) is 23.1 Å². The van der Waals surface area contributed by atoms with Crippen LogP contribution in [-0.4, -0.2) is 11.7 Å². The SMILES string of the molecule is NNC(=O)CCCSc1cccs1. The van der Waals surface area contributed by atoms with Gasteiger partial charge in [0.15, 0.2) is 0 Å². The smallest absolute Gasteiger partial charge is 0.233 e. The lowest BCUT2D eigenvalue weighted by molar-refractivity contribution is -0.121. The van der Waals surface area contributed by atoms with Gasteiger partial charge < -0.3 is 0 Å². The molecule has 13 heavy (non-hydrogen) atoms. The fourth-order valence-electron chi connectivity index (χ4n) is 0.823. The average Bonchev–Trinajstić information content (AvgIpc) is 2.64. The van der Waals surface area contributed by atoms with Gasteiger partial charge in [-0.05, 0) is 23.6 Å². The molecule has 0 atom stereocenters. The summed E-state index contributed by atoms with van der Waals surface area (Å²) >= 11 is 3.50. The highest BCUT2D eigenvalue weighted by molar-refractivity contribution is 8.01. The molecule has 0 saturated heterocycles. The van der Waals surface area contributed by atoms with Gasteiger partial charge in [-0.15, -0.1) is 23.1 Å². The van der Waals surface area contributed by atoms with Crippen LogP contribution < -0.4 is 11.3 Å². The molecule has 3 nitrogen and oxygen atoms in total. The molecule has 0 aliphatic carbocycles. The number of hydrogen-bond acceptors (Lipinski definition) is 4. The lowest BCUT2D eigenvalue weighted by Crippen LogP contribution is -2.29. The van der Waals surface area contributed by atoms with Crippen molar-refractivity contribution in [3.63, 3.8) is 0 Å². The minimum atomic E-state index is -0.0909. The van der Waals surface area contributed by atoms with Crippen LogP contribution in [0, 0.1) is 0 Å². The molecule has 3 N–H and O–H groups in total. The third kappa shape index (κ3) is 4.31. The van der Waals surface area contributed by atoms with Gasteiger partial charge in [-0.25, -0.2) is 5.84 Å². The zero-order valence-electron chi connectivity index (χ0n) is 7.16. The molecule has 0 spiro atoms. The number of hydrazine groups is 1. The van der Waals surface area contributed by atoms with Gasteiger partial charge in [0.2, 0.25) is 5.91 Å². The Labute approximate surface area is 85.7 Å². The molecule has 1 rings (SSSR count). The highest BCUT2D eigenvalue weighted by Gasteiger charge is 1.98. The van der Waals surface area contributed by atoms with E-state index in [4.69, 9.17) is 5.84 Å². The maximum atomic E-state index is 10.7. The Kier molecular flexibility index (Phi) is 4.88. The molecule has 0 saturated carbocycles. The fourth-order valence-corrected chi connectivity index (χ4v) is 2.63. The minimum Gasteiger partial charge on any atom is -0.294 e. The predicted molar refractivity (Wildman–Crippen MR) is 56.6 cm³/mol. The second-order valence-electron chi connectivity index (χ2n) is 2.45. The van der Waals surface area contributed by atoms with Gasteiger partial charge in [0.1, 0.15) is 0 Å². The standard InChI is InChI=1S/C8H12N2OS2/c9-10-7(11)3-1-5-12-8-4-2-6-13-8/h2,4,6H,1,3,5,9H2,(H,10,11). The van der Waals surface area contributed by atoms with Crippen LogP contribution in [0.1, 0.15) is 12.8 Å². The molecule has 0 aromatic carbocycles. The van der Waals surface area contributed by atoms with Crippen LogP contribution in [0.25, 0.3) is 0 Å². The Hall–Kier alpha value is -0.520. The van der Waals surface area contributed by atoms with Crippen molar-refractivity contribution in [3.8, 4) is 0 Å². The third-order valence-corrected chi connectivity index (χ3v) is 3.67. The number of nitrogens with one attached hydrogen (secondary N) is 1. The first-order valence-electron chi connectivity index (χ1n) is 3.98. The van der Waals surface area contributed by atoms with Gasteiger partial charge in [0, 0.05) is 6.42 Å². The molecule has 1 amide bonds. The number of carbonyl (C=O) groups excluding carboxylic acids is 1. The summed E-state index contributed by atoms with van der Waals surface area (Å²) in [5.74, 6) is 5.82. The molecular formula is C8H12N2OS2. The molecule has 1 aromatic heterocycles. The number of hydrogen-bond donors (Lipinski definition) is 2. The summed E-state index contributed by atoms with van der Waals surface area (Å²) in [5.41, 5.74) is 2.11. The molecule has 1 aromatic rings. The first kappa shape index (κ1) is 10.6. The van der Waals surface area contributed by atoms with E-state index in [2.05, 4.69) is 16.9 Å². The summed E-state index contributed by atoms with van der Waals surface area (Å²) < 4.78 is 1.30. The van der Waals surface area contributed by atoms with Crippen molar-refractivity contribution >= 4 is 29.0 Å². The lowest BCUT2D eigenvalue weighted by atomic mass is 10.3. The predicted octanol–water partition coefficient (Wildman–Crippen LogP) is 1.61. The van der Waals surface area contributed by atoms with Crippen molar-refractivity contribution in [2.75, 3.05) is 5.75 Å². The average molecular weight is 216 g/mol. The highest BCUT2D eigenvalue weighted by atomic mass is 32.2. The molecule has 1 heterocycles. The van der Waals surface area contributed by atoms with Gasteiger partial charge >= 0.3 is 0 Å². The topological polar surface area (TPSA) is 55.1 Å². The number of thiophene rings is 1. The van der Waals surface area contributed by atoms with E-state index in [0.717, 1.165) is 12.2 Å². The molecular weight excluding hydrogens is 204 g/mol. The number of carbonyl (C=O) groups is 1. The number of nitrogens with two attached hydrogens (primary N) is 1. The Morgan fingerprint density at radius 1 is 1.69 bits per heavy atom. The van der Waals surface area contributed by atoms with Crippen molar-refractivity contribution in [2.45, 2.75) is 17.1 Å². The van der Waals surface area contributed by atoms with Crippen molar-refractivity contribution in [3.05, 3.63) is 17.5 Å². The highest BCUT2D eigenvalue weighted by Crippen LogP contribution is 2.23. The summed E-state index contributed by atoms with van der Waals surface area (Å²) in [4.78, 5) is 10.7. The Morgan fingerprint density at radius 2 is 2.54 bits per heavy atom. The van der Waals surface area contributed by atoms with Crippen LogP contribution in [-0.2, 0) is 4.79 Å². The van der Waals surface area contributed by atoms with E-state index >= 15 is 0 Å². The van der Waals surface area contributed by atoms with Gasteiger partial charge in [-0.2, -0.15) is 0 Å².